The van der Waals surface area contributed by atoms with Gasteiger partial charge in [0.1, 0.15) is 0 Å². The van der Waals surface area contributed by atoms with Crippen molar-refractivity contribution in [3.8, 4) is 0 Å². The molecule has 1 aliphatic heterocycles. The highest BCUT2D eigenvalue weighted by molar-refractivity contribution is 7.99. The first-order chi connectivity index (χ1) is 9.58. The van der Waals surface area contributed by atoms with Crippen LogP contribution >= 0.6 is 11.8 Å². The molecule has 0 radical (unpaired) electrons. The predicted octanol–water partition coefficient (Wildman–Crippen LogP) is 2.00. The second-order valence-electron chi connectivity index (χ2n) is 5.11. The Morgan fingerprint density at radius 2 is 2.15 bits per heavy atom. The molecule has 1 saturated heterocycles. The number of carboxylic acid groups (broad SMARTS) is 1. The van der Waals surface area contributed by atoms with E-state index in [-0.39, 0.29) is 24.5 Å². The number of carboxylic acids is 1. The lowest BCUT2D eigenvalue weighted by molar-refractivity contribution is -0.139. The standard InChI is InChI=1S/C14H25NO4S/c1-3-4-6-20-7-5-13(16)15-10-12(19-2)8-11(15)9-14(17)18/h11-12H,3-10H2,1-2H3,(H,17,18). The lowest BCUT2D eigenvalue weighted by atomic mass is 10.1. The van der Waals surface area contributed by atoms with Crippen LogP contribution < -0.4 is 0 Å². The van der Waals surface area contributed by atoms with Crippen LogP contribution in [-0.4, -0.2) is 59.2 Å². The second-order valence-corrected chi connectivity index (χ2v) is 6.33. The third-order valence-corrected chi connectivity index (χ3v) is 4.61. The molecule has 2 unspecified atom stereocenters. The second kappa shape index (κ2) is 9.23. The van der Waals surface area contributed by atoms with E-state index in [0.29, 0.717) is 19.4 Å². The van der Waals surface area contributed by atoms with Crippen LogP contribution in [0.5, 0.6) is 0 Å². The van der Waals surface area contributed by atoms with Crippen molar-refractivity contribution in [2.45, 2.75) is 51.2 Å². The molecule has 116 valence electrons. The van der Waals surface area contributed by atoms with Gasteiger partial charge in [-0.05, 0) is 18.6 Å². The number of thioether (sulfide) groups is 1. The molecule has 20 heavy (non-hydrogen) atoms. The van der Waals surface area contributed by atoms with Crippen LogP contribution in [0, 0.1) is 0 Å². The molecule has 1 fully saturated rings. The van der Waals surface area contributed by atoms with Crippen LogP contribution in [0.3, 0.4) is 0 Å². The van der Waals surface area contributed by atoms with Gasteiger partial charge in [-0.15, -0.1) is 0 Å². The van der Waals surface area contributed by atoms with Crippen LogP contribution in [0.25, 0.3) is 0 Å². The summed E-state index contributed by atoms with van der Waals surface area (Å²) >= 11 is 1.79. The zero-order chi connectivity index (χ0) is 15.0. The van der Waals surface area contributed by atoms with Crippen LogP contribution in [0.1, 0.15) is 39.0 Å². The van der Waals surface area contributed by atoms with E-state index in [1.165, 1.54) is 12.8 Å². The molecule has 0 bridgehead atoms. The maximum absolute atomic E-state index is 12.2. The van der Waals surface area contributed by atoms with Gasteiger partial charge < -0.3 is 14.7 Å². The number of hydrogen-bond donors (Lipinski definition) is 1. The molecule has 0 aromatic carbocycles. The minimum atomic E-state index is -0.859. The van der Waals surface area contributed by atoms with Crippen molar-refractivity contribution in [2.24, 2.45) is 0 Å². The van der Waals surface area contributed by atoms with Gasteiger partial charge in [0.25, 0.3) is 0 Å². The number of amides is 1. The zero-order valence-corrected chi connectivity index (χ0v) is 13.2. The van der Waals surface area contributed by atoms with E-state index in [2.05, 4.69) is 6.92 Å². The summed E-state index contributed by atoms with van der Waals surface area (Å²) in [6, 6.07) is -0.217. The van der Waals surface area contributed by atoms with Gasteiger partial charge in [0.2, 0.25) is 5.91 Å². The van der Waals surface area contributed by atoms with Crippen LogP contribution in [0.4, 0.5) is 0 Å². The maximum atomic E-state index is 12.2. The summed E-state index contributed by atoms with van der Waals surface area (Å²) in [5.74, 6) is 1.09. The summed E-state index contributed by atoms with van der Waals surface area (Å²) < 4.78 is 5.27. The summed E-state index contributed by atoms with van der Waals surface area (Å²) in [7, 11) is 1.61. The third-order valence-electron chi connectivity index (χ3n) is 3.54. The number of ether oxygens (including phenoxy) is 1. The van der Waals surface area contributed by atoms with Crippen LogP contribution in [0.2, 0.25) is 0 Å². The topological polar surface area (TPSA) is 66.8 Å². The molecule has 1 N–H and O–H groups in total. The van der Waals surface area contributed by atoms with Crippen molar-refractivity contribution in [1.82, 2.24) is 4.90 Å². The molecule has 0 aliphatic carbocycles. The fourth-order valence-corrected chi connectivity index (χ4v) is 3.41. The summed E-state index contributed by atoms with van der Waals surface area (Å²) in [6.45, 7) is 2.67. The summed E-state index contributed by atoms with van der Waals surface area (Å²) in [5.41, 5.74) is 0. The number of aliphatic carboxylic acids is 1. The monoisotopic (exact) mass is 303 g/mol. The largest absolute Gasteiger partial charge is 0.481 e. The third kappa shape index (κ3) is 5.71. The Morgan fingerprint density at radius 1 is 1.40 bits per heavy atom. The molecule has 0 aromatic heterocycles. The van der Waals surface area contributed by atoms with E-state index in [1.54, 1.807) is 23.8 Å². The first-order valence-electron chi connectivity index (χ1n) is 7.20. The van der Waals surface area contributed by atoms with Gasteiger partial charge >= 0.3 is 5.97 Å². The summed E-state index contributed by atoms with van der Waals surface area (Å²) in [4.78, 5) is 24.8. The number of methoxy groups -OCH3 is 1. The van der Waals surface area contributed by atoms with E-state index in [9.17, 15) is 9.59 Å². The normalized spacial score (nSPS) is 22.2. The Labute approximate surface area is 125 Å². The fourth-order valence-electron chi connectivity index (χ4n) is 2.40. The Kier molecular flexibility index (Phi) is 7.99. The van der Waals surface area contributed by atoms with E-state index in [1.807, 2.05) is 0 Å². The molecule has 0 aromatic rings. The molecule has 1 rings (SSSR count). The van der Waals surface area contributed by atoms with E-state index < -0.39 is 5.97 Å². The molecular weight excluding hydrogens is 278 g/mol. The van der Waals surface area contributed by atoms with Crippen molar-refractivity contribution in [1.29, 1.82) is 0 Å². The highest BCUT2D eigenvalue weighted by Gasteiger charge is 2.36. The van der Waals surface area contributed by atoms with E-state index in [0.717, 1.165) is 11.5 Å². The number of carbonyl (C=O) groups is 2. The first kappa shape index (κ1) is 17.3. The number of rotatable bonds is 9. The van der Waals surface area contributed by atoms with Crippen molar-refractivity contribution in [3.05, 3.63) is 0 Å². The first-order valence-corrected chi connectivity index (χ1v) is 8.35. The number of carbonyl (C=O) groups excluding carboxylic acids is 1. The lowest BCUT2D eigenvalue weighted by Crippen LogP contribution is -2.37. The molecular formula is C14H25NO4S. The molecule has 0 spiro atoms. The highest BCUT2D eigenvalue weighted by atomic mass is 32.2. The lowest BCUT2D eigenvalue weighted by Gasteiger charge is -2.23. The molecule has 5 nitrogen and oxygen atoms in total. The number of likely N-dealkylation sites (tertiary alicyclic amines) is 1. The molecule has 0 saturated carbocycles. The van der Waals surface area contributed by atoms with Gasteiger partial charge in [0.05, 0.1) is 12.5 Å². The Morgan fingerprint density at radius 3 is 2.75 bits per heavy atom. The fraction of sp³-hybridized carbons (Fsp3) is 0.857. The molecule has 1 amide bonds. The smallest absolute Gasteiger partial charge is 0.305 e. The highest BCUT2D eigenvalue weighted by Crippen LogP contribution is 2.24. The average molecular weight is 303 g/mol. The molecule has 6 heteroatoms. The van der Waals surface area contributed by atoms with Gasteiger partial charge in [0, 0.05) is 31.9 Å². The van der Waals surface area contributed by atoms with Gasteiger partial charge in [-0.3, -0.25) is 9.59 Å². The number of nitrogens with zero attached hydrogens (tertiary/aromatic N) is 1. The van der Waals surface area contributed by atoms with E-state index in [4.69, 9.17) is 9.84 Å². The van der Waals surface area contributed by atoms with Crippen LogP contribution in [-0.2, 0) is 14.3 Å². The van der Waals surface area contributed by atoms with E-state index >= 15 is 0 Å². The van der Waals surface area contributed by atoms with Crippen molar-refractivity contribution in [2.75, 3.05) is 25.2 Å². The van der Waals surface area contributed by atoms with Crippen molar-refractivity contribution >= 4 is 23.6 Å². The predicted molar refractivity (Wildman–Crippen MR) is 80.0 cm³/mol. The Hall–Kier alpha value is -0.750. The van der Waals surface area contributed by atoms with Crippen LogP contribution in [0.15, 0.2) is 0 Å². The minimum absolute atomic E-state index is 0.00851. The molecule has 2 atom stereocenters. The van der Waals surface area contributed by atoms with Gasteiger partial charge in [-0.25, -0.2) is 0 Å². The van der Waals surface area contributed by atoms with Gasteiger partial charge in [-0.2, -0.15) is 11.8 Å². The maximum Gasteiger partial charge on any atom is 0.305 e. The number of unbranched alkanes of at least 4 members (excludes halogenated alkanes) is 1. The molecule has 1 aliphatic rings. The Balaban J connectivity index is 2.40. The Bertz CT molecular complexity index is 324. The summed E-state index contributed by atoms with van der Waals surface area (Å²) in [5, 5.41) is 8.92. The quantitative estimate of drug-likeness (QED) is 0.660. The minimum Gasteiger partial charge on any atom is -0.481 e. The van der Waals surface area contributed by atoms with Crippen molar-refractivity contribution in [3.63, 3.8) is 0 Å². The van der Waals surface area contributed by atoms with Crippen molar-refractivity contribution < 1.29 is 19.4 Å². The number of hydrogen-bond acceptors (Lipinski definition) is 4. The molecule has 1 heterocycles. The van der Waals surface area contributed by atoms with Gasteiger partial charge in [0.15, 0.2) is 0 Å². The van der Waals surface area contributed by atoms with Gasteiger partial charge in [-0.1, -0.05) is 13.3 Å². The summed E-state index contributed by atoms with van der Waals surface area (Å²) in [6.07, 6.45) is 3.43. The average Bonchev–Trinajstić information content (AvgIpc) is 2.80. The SMILES string of the molecule is CCCCSCCC(=O)N1CC(OC)CC1CC(=O)O. The zero-order valence-electron chi connectivity index (χ0n) is 12.3.